The van der Waals surface area contributed by atoms with Gasteiger partial charge in [-0.15, -0.1) is 0 Å². The number of carbonyl (C=O) groups excluding carboxylic acids is 1. The molecule has 4 rings (SSSR count). The highest BCUT2D eigenvalue weighted by Gasteiger charge is 2.62. The van der Waals surface area contributed by atoms with Crippen LogP contribution in [0.5, 0.6) is 0 Å². The molecule has 0 aromatic rings. The number of carbonyl (C=O) groups is 1. The average molecular weight is 451 g/mol. The fourth-order valence-corrected chi connectivity index (χ4v) is 9.99. The van der Waals surface area contributed by atoms with Crippen LogP contribution in [0.15, 0.2) is 0 Å². The van der Waals surface area contributed by atoms with Gasteiger partial charge >= 0.3 is 0 Å². The molecule has 3 nitrogen and oxygen atoms in total. The van der Waals surface area contributed by atoms with Crippen LogP contribution in [0.4, 0.5) is 0 Å². The molecule has 0 bridgehead atoms. The van der Waals surface area contributed by atoms with Gasteiger partial charge in [0.2, 0.25) is 0 Å². The minimum Gasteiger partial charge on any atom is -0.417 e. The second-order valence-electron chi connectivity index (χ2n) is 13.4. The van der Waals surface area contributed by atoms with Crippen molar-refractivity contribution in [1.29, 1.82) is 0 Å². The van der Waals surface area contributed by atoms with E-state index in [1.807, 2.05) is 0 Å². The Kier molecular flexibility index (Phi) is 6.04. The van der Waals surface area contributed by atoms with Crippen LogP contribution in [0.25, 0.3) is 0 Å². The largest absolute Gasteiger partial charge is 0.417 e. The van der Waals surface area contributed by atoms with Crippen LogP contribution >= 0.6 is 0 Å². The molecule has 4 saturated carbocycles. The van der Waals surface area contributed by atoms with Crippen molar-refractivity contribution in [1.82, 2.24) is 0 Å². The van der Waals surface area contributed by atoms with Crippen molar-refractivity contribution < 1.29 is 13.6 Å². The topological polar surface area (TPSA) is 35.5 Å². The summed E-state index contributed by atoms with van der Waals surface area (Å²) in [7, 11) is -3.10. The summed E-state index contributed by atoms with van der Waals surface area (Å²) < 4.78 is 13.4. The predicted octanol–water partition coefficient (Wildman–Crippen LogP) is 6.65. The average Bonchev–Trinajstić information content (AvgIpc) is 2.94. The Morgan fingerprint density at radius 2 is 1.63 bits per heavy atom. The van der Waals surface area contributed by atoms with Crippen LogP contribution in [0.1, 0.15) is 64.7 Å². The lowest BCUT2D eigenvalue weighted by atomic mass is 9.45. The maximum atomic E-state index is 12.4. The van der Waals surface area contributed by atoms with E-state index in [-0.39, 0.29) is 5.41 Å². The molecule has 0 aromatic carbocycles. The van der Waals surface area contributed by atoms with Gasteiger partial charge in [0.1, 0.15) is 5.78 Å². The van der Waals surface area contributed by atoms with Crippen molar-refractivity contribution in [3.05, 3.63) is 0 Å². The lowest BCUT2D eigenvalue weighted by Gasteiger charge is -2.61. The number of Topliss-reactive ketones (excluding diaryl/α,β-unsaturated/α-hetero) is 1. The van der Waals surface area contributed by atoms with Gasteiger partial charge in [-0.05, 0) is 119 Å². The van der Waals surface area contributed by atoms with Crippen LogP contribution in [0.2, 0.25) is 39.3 Å². The highest BCUT2D eigenvalue weighted by Crippen LogP contribution is 2.66. The first-order valence-corrected chi connectivity index (χ1v) is 19.5. The van der Waals surface area contributed by atoms with E-state index in [1.165, 1.54) is 38.5 Å². The van der Waals surface area contributed by atoms with Crippen LogP contribution < -0.4 is 0 Å². The van der Waals surface area contributed by atoms with Crippen molar-refractivity contribution in [2.45, 2.75) is 110 Å². The standard InChI is InChI=1S/C25H46O3Si2/c1-24-14-13-22-20(21(24)10-11-23(24)28-30(5,6)7)9-8-18-16-19(26)12-15-25(18,22)17-27-29(2,3)4/h18,20-23H,8-17H2,1-7H3/t18?,20-,21-,22+,23?,24-,25+/m0/s1. The second kappa shape index (κ2) is 7.81. The van der Waals surface area contributed by atoms with Gasteiger partial charge in [0.15, 0.2) is 16.6 Å². The first-order valence-electron chi connectivity index (χ1n) is 12.7. The van der Waals surface area contributed by atoms with Gasteiger partial charge in [-0.3, -0.25) is 4.79 Å². The second-order valence-corrected chi connectivity index (χ2v) is 22.3. The minimum atomic E-state index is -1.58. The zero-order valence-corrected chi connectivity index (χ0v) is 22.7. The lowest BCUT2D eigenvalue weighted by Crippen LogP contribution is -2.58. The Labute approximate surface area is 187 Å². The summed E-state index contributed by atoms with van der Waals surface area (Å²) in [6.45, 7) is 17.5. The molecule has 30 heavy (non-hydrogen) atoms. The van der Waals surface area contributed by atoms with E-state index in [1.54, 1.807) is 0 Å². The normalized spacial score (nSPS) is 44.4. The molecule has 0 spiro atoms. The van der Waals surface area contributed by atoms with Gasteiger partial charge in [-0.2, -0.15) is 0 Å². The number of ketones is 1. The summed E-state index contributed by atoms with van der Waals surface area (Å²) in [5.74, 6) is 3.45. The van der Waals surface area contributed by atoms with Gasteiger partial charge in [0, 0.05) is 19.4 Å². The highest BCUT2D eigenvalue weighted by molar-refractivity contribution is 6.70. The fourth-order valence-electron chi connectivity index (χ4n) is 8.05. The van der Waals surface area contributed by atoms with Crippen LogP contribution in [0, 0.1) is 34.5 Å². The molecule has 0 radical (unpaired) electrons. The summed E-state index contributed by atoms with van der Waals surface area (Å²) in [6, 6.07) is 0. The molecule has 4 fully saturated rings. The third kappa shape index (κ3) is 4.17. The van der Waals surface area contributed by atoms with E-state index in [0.29, 0.717) is 23.2 Å². The molecule has 7 atom stereocenters. The molecule has 5 heteroatoms. The van der Waals surface area contributed by atoms with Gasteiger partial charge in [-0.1, -0.05) is 6.92 Å². The Balaban J connectivity index is 1.60. The van der Waals surface area contributed by atoms with E-state index in [4.69, 9.17) is 8.85 Å². The van der Waals surface area contributed by atoms with Gasteiger partial charge in [0.25, 0.3) is 0 Å². The highest BCUT2D eigenvalue weighted by atomic mass is 28.4. The molecular weight excluding hydrogens is 404 g/mol. The van der Waals surface area contributed by atoms with Crippen LogP contribution in [-0.2, 0) is 13.6 Å². The van der Waals surface area contributed by atoms with Crippen LogP contribution in [0.3, 0.4) is 0 Å². The summed E-state index contributed by atoms with van der Waals surface area (Å²) in [5, 5.41) is 0. The summed E-state index contributed by atoms with van der Waals surface area (Å²) in [6.07, 6.45) is 11.0. The summed E-state index contributed by atoms with van der Waals surface area (Å²) >= 11 is 0. The molecule has 0 N–H and O–H groups in total. The number of hydrogen-bond donors (Lipinski definition) is 0. The van der Waals surface area contributed by atoms with E-state index < -0.39 is 16.6 Å². The smallest absolute Gasteiger partial charge is 0.184 e. The quantitative estimate of drug-likeness (QED) is 0.440. The summed E-state index contributed by atoms with van der Waals surface area (Å²) in [4.78, 5) is 12.4. The van der Waals surface area contributed by atoms with Crippen molar-refractivity contribution in [2.75, 3.05) is 6.61 Å². The van der Waals surface area contributed by atoms with Gasteiger partial charge in [-0.25, -0.2) is 0 Å². The third-order valence-corrected chi connectivity index (χ3v) is 11.4. The lowest BCUT2D eigenvalue weighted by molar-refractivity contribution is -0.153. The van der Waals surface area contributed by atoms with E-state index in [2.05, 4.69) is 46.2 Å². The van der Waals surface area contributed by atoms with Gasteiger partial charge < -0.3 is 8.85 Å². The van der Waals surface area contributed by atoms with Crippen molar-refractivity contribution in [3.63, 3.8) is 0 Å². The minimum absolute atomic E-state index is 0.260. The van der Waals surface area contributed by atoms with Crippen molar-refractivity contribution >= 4 is 22.4 Å². The van der Waals surface area contributed by atoms with E-state index in [0.717, 1.165) is 43.6 Å². The first-order chi connectivity index (χ1) is 13.8. The Morgan fingerprint density at radius 3 is 2.30 bits per heavy atom. The van der Waals surface area contributed by atoms with Gasteiger partial charge in [0.05, 0.1) is 6.10 Å². The number of fused-ring (bicyclic) bond motifs is 5. The molecule has 0 saturated heterocycles. The molecule has 0 aliphatic heterocycles. The molecule has 2 unspecified atom stereocenters. The van der Waals surface area contributed by atoms with Crippen molar-refractivity contribution in [2.24, 2.45) is 34.5 Å². The third-order valence-electron chi connectivity index (χ3n) is 9.36. The maximum absolute atomic E-state index is 12.4. The zero-order valence-electron chi connectivity index (χ0n) is 20.7. The Morgan fingerprint density at radius 1 is 0.900 bits per heavy atom. The first kappa shape index (κ1) is 23.2. The molecule has 0 aromatic heterocycles. The fraction of sp³-hybridized carbons (Fsp3) is 0.960. The molecule has 0 heterocycles. The van der Waals surface area contributed by atoms with E-state index in [9.17, 15) is 4.79 Å². The number of rotatable bonds is 5. The maximum Gasteiger partial charge on any atom is 0.184 e. The Hall–Kier alpha value is 0.0238. The molecule has 172 valence electrons. The molecule has 0 amide bonds. The Bertz CT molecular complexity index is 666. The molecule has 4 aliphatic rings. The van der Waals surface area contributed by atoms with Crippen LogP contribution in [-0.4, -0.2) is 35.1 Å². The number of hydrogen-bond acceptors (Lipinski definition) is 3. The SMILES string of the molecule is C[C@]12CC[C@@H]3[C@@H](CCC4CC(=O)CC[C@@]43CO[Si](C)(C)C)[C@@H]1CCC2O[Si](C)(C)C. The van der Waals surface area contributed by atoms with Crippen molar-refractivity contribution in [3.8, 4) is 0 Å². The predicted molar refractivity (Wildman–Crippen MR) is 129 cm³/mol. The molecule has 4 aliphatic carbocycles. The zero-order chi connectivity index (χ0) is 21.9. The van der Waals surface area contributed by atoms with E-state index >= 15 is 0 Å². The molecular formula is C25H46O3Si2. The summed E-state index contributed by atoms with van der Waals surface area (Å²) in [5.41, 5.74) is 0.621. The monoisotopic (exact) mass is 450 g/mol.